The van der Waals surface area contributed by atoms with Gasteiger partial charge in [0.2, 0.25) is 0 Å². The summed E-state index contributed by atoms with van der Waals surface area (Å²) in [5, 5.41) is 0. The molecule has 0 heterocycles. The lowest BCUT2D eigenvalue weighted by Gasteiger charge is -2.04. The summed E-state index contributed by atoms with van der Waals surface area (Å²) in [7, 11) is 3.40. The highest BCUT2D eigenvalue weighted by molar-refractivity contribution is 5.29. The highest BCUT2D eigenvalue weighted by Crippen LogP contribution is 2.10. The van der Waals surface area contributed by atoms with Crippen LogP contribution in [0.3, 0.4) is 0 Å². The van der Waals surface area contributed by atoms with Crippen LogP contribution >= 0.6 is 0 Å². The van der Waals surface area contributed by atoms with Gasteiger partial charge in [0, 0.05) is 20.8 Å². The minimum atomic E-state index is 0.714. The van der Waals surface area contributed by atoms with Crippen LogP contribution < -0.4 is 0 Å². The van der Waals surface area contributed by atoms with E-state index in [4.69, 9.17) is 4.74 Å². The molecule has 19 heavy (non-hydrogen) atoms. The normalized spacial score (nSPS) is 8.47. The largest absolute Gasteiger partial charge is 0.385 e. The van der Waals surface area contributed by atoms with Crippen molar-refractivity contribution >= 4 is 0 Å². The Hall–Kier alpha value is -1.38. The molecule has 0 fully saturated rings. The van der Waals surface area contributed by atoms with Gasteiger partial charge in [-0.05, 0) is 31.9 Å². The molecular weight excluding hydrogens is 236 g/mol. The fourth-order valence-corrected chi connectivity index (χ4v) is 1.16. The minimum absolute atomic E-state index is 0.714. The first-order valence-electron chi connectivity index (χ1n) is 6.34. The zero-order valence-corrected chi connectivity index (χ0v) is 13.0. The lowest BCUT2D eigenvalue weighted by atomic mass is 10.1. The lowest BCUT2D eigenvalue weighted by Crippen LogP contribution is -1.91. The van der Waals surface area contributed by atoms with Gasteiger partial charge in [0.05, 0.1) is 6.61 Å². The molecule has 0 bridgehead atoms. The van der Waals surface area contributed by atoms with Crippen LogP contribution in [0.5, 0.6) is 0 Å². The van der Waals surface area contributed by atoms with Crippen LogP contribution in [0.15, 0.2) is 43.5 Å². The predicted molar refractivity (Wildman–Crippen MR) is 84.6 cm³/mol. The maximum atomic E-state index is 5.05. The van der Waals surface area contributed by atoms with E-state index in [0.29, 0.717) is 6.61 Å². The van der Waals surface area contributed by atoms with Crippen molar-refractivity contribution in [2.45, 2.75) is 27.4 Å². The fraction of sp³-hybridized carbons (Fsp3) is 0.412. The van der Waals surface area contributed by atoms with Crippen molar-refractivity contribution in [2.75, 3.05) is 20.8 Å². The summed E-state index contributed by atoms with van der Waals surface area (Å²) in [5.74, 6) is 0. The number of benzene rings is 1. The molecule has 0 unspecified atom stereocenters. The van der Waals surface area contributed by atoms with Gasteiger partial charge in [-0.3, -0.25) is 0 Å². The van der Waals surface area contributed by atoms with Gasteiger partial charge in [-0.15, -0.1) is 0 Å². The summed E-state index contributed by atoms with van der Waals surface area (Å²) in [5.41, 5.74) is 3.90. The Morgan fingerprint density at radius 2 is 1.58 bits per heavy atom. The molecule has 1 rings (SSSR count). The third-order valence-corrected chi connectivity index (χ3v) is 2.25. The van der Waals surface area contributed by atoms with Gasteiger partial charge in [-0.2, -0.15) is 0 Å². The van der Waals surface area contributed by atoms with Crippen LogP contribution in [0.4, 0.5) is 0 Å². The molecule has 1 aromatic rings. The van der Waals surface area contributed by atoms with E-state index in [0.717, 1.165) is 6.61 Å². The molecule has 0 amide bonds. The molecule has 1 aromatic carbocycles. The molecule has 0 spiro atoms. The predicted octanol–water partition coefficient (Wildman–Crippen LogP) is 4.46. The SMILES string of the molecule is C=CC=C.CCOC.COCc1ccc(C)cc1C. The van der Waals surface area contributed by atoms with Crippen LogP contribution in [0.2, 0.25) is 0 Å². The van der Waals surface area contributed by atoms with Crippen molar-refractivity contribution in [3.8, 4) is 0 Å². The maximum absolute atomic E-state index is 5.05. The lowest BCUT2D eigenvalue weighted by molar-refractivity contribution is 0.184. The molecule has 0 aliphatic rings. The van der Waals surface area contributed by atoms with Gasteiger partial charge < -0.3 is 9.47 Å². The first kappa shape index (κ1) is 19.9. The van der Waals surface area contributed by atoms with Crippen LogP contribution in [-0.4, -0.2) is 20.8 Å². The van der Waals surface area contributed by atoms with Gasteiger partial charge in [-0.1, -0.05) is 49.1 Å². The van der Waals surface area contributed by atoms with Crippen molar-refractivity contribution in [2.24, 2.45) is 0 Å². The van der Waals surface area contributed by atoms with E-state index in [1.54, 1.807) is 26.4 Å². The van der Waals surface area contributed by atoms with Crippen molar-refractivity contribution < 1.29 is 9.47 Å². The monoisotopic (exact) mass is 264 g/mol. The Morgan fingerprint density at radius 1 is 1.05 bits per heavy atom. The molecule has 0 atom stereocenters. The highest BCUT2D eigenvalue weighted by atomic mass is 16.5. The molecule has 0 saturated carbocycles. The molecule has 108 valence electrons. The standard InChI is InChI=1S/C10H14O.C4H6.C3H8O/c1-8-4-5-10(7-11-3)9(2)6-8;2*1-3-4-2/h4-6H,7H2,1-3H3;3-4H,1-2H2;3H2,1-2H3. The molecule has 0 radical (unpaired) electrons. The Kier molecular flexibility index (Phi) is 15.4. The second kappa shape index (κ2) is 14.7. The van der Waals surface area contributed by atoms with Gasteiger partial charge in [0.15, 0.2) is 0 Å². The average Bonchev–Trinajstić information content (AvgIpc) is 2.42. The average molecular weight is 264 g/mol. The van der Waals surface area contributed by atoms with Crippen molar-refractivity contribution in [1.82, 2.24) is 0 Å². The third kappa shape index (κ3) is 12.9. The first-order valence-corrected chi connectivity index (χ1v) is 6.34. The second-order valence-corrected chi connectivity index (χ2v) is 3.91. The summed E-state index contributed by atoms with van der Waals surface area (Å²) in [6.07, 6.45) is 3.28. The van der Waals surface area contributed by atoms with E-state index >= 15 is 0 Å². The molecule has 0 aromatic heterocycles. The molecule has 0 aliphatic carbocycles. The quantitative estimate of drug-likeness (QED) is 0.747. The van der Waals surface area contributed by atoms with Gasteiger partial charge in [0.1, 0.15) is 0 Å². The first-order chi connectivity index (χ1) is 9.06. The summed E-state index contributed by atoms with van der Waals surface area (Å²) < 4.78 is 9.59. The van der Waals surface area contributed by atoms with Crippen LogP contribution in [0, 0.1) is 13.8 Å². The van der Waals surface area contributed by atoms with E-state index in [1.807, 2.05) is 6.92 Å². The van der Waals surface area contributed by atoms with E-state index in [9.17, 15) is 0 Å². The second-order valence-electron chi connectivity index (χ2n) is 3.91. The Morgan fingerprint density at radius 3 is 1.89 bits per heavy atom. The van der Waals surface area contributed by atoms with E-state index in [-0.39, 0.29) is 0 Å². The molecule has 0 N–H and O–H groups in total. The number of rotatable bonds is 4. The Bertz CT molecular complexity index is 335. The molecule has 0 saturated heterocycles. The zero-order valence-electron chi connectivity index (χ0n) is 13.0. The maximum Gasteiger partial charge on any atom is 0.0715 e. The highest BCUT2D eigenvalue weighted by Gasteiger charge is 1.95. The molecule has 2 heteroatoms. The van der Waals surface area contributed by atoms with Gasteiger partial charge >= 0.3 is 0 Å². The molecule has 0 aliphatic heterocycles. The smallest absolute Gasteiger partial charge is 0.0715 e. The van der Waals surface area contributed by atoms with Gasteiger partial charge in [-0.25, -0.2) is 0 Å². The number of aryl methyl sites for hydroxylation is 2. The van der Waals surface area contributed by atoms with E-state index in [1.165, 1.54) is 16.7 Å². The zero-order chi connectivity index (χ0) is 15.1. The summed E-state index contributed by atoms with van der Waals surface area (Å²) in [6, 6.07) is 6.41. The molecule has 2 nitrogen and oxygen atoms in total. The van der Waals surface area contributed by atoms with Crippen molar-refractivity contribution in [3.63, 3.8) is 0 Å². The van der Waals surface area contributed by atoms with Crippen molar-refractivity contribution in [3.05, 3.63) is 60.2 Å². The fourth-order valence-electron chi connectivity index (χ4n) is 1.16. The number of hydrogen-bond acceptors (Lipinski definition) is 2. The third-order valence-electron chi connectivity index (χ3n) is 2.25. The number of allylic oxidation sites excluding steroid dienone is 2. The molecular formula is C17H28O2. The summed E-state index contributed by atoms with van der Waals surface area (Å²) in [4.78, 5) is 0. The Balaban J connectivity index is 0. The number of ether oxygens (including phenoxy) is 2. The van der Waals surface area contributed by atoms with Crippen LogP contribution in [0.1, 0.15) is 23.6 Å². The van der Waals surface area contributed by atoms with Crippen LogP contribution in [0.25, 0.3) is 0 Å². The number of hydrogen-bond donors (Lipinski definition) is 0. The summed E-state index contributed by atoms with van der Waals surface area (Å²) >= 11 is 0. The summed E-state index contributed by atoms with van der Waals surface area (Å²) in [6.45, 7) is 14.4. The minimum Gasteiger partial charge on any atom is -0.385 e. The number of methoxy groups -OCH3 is 2. The Labute approximate surface area is 118 Å². The van der Waals surface area contributed by atoms with E-state index < -0.39 is 0 Å². The van der Waals surface area contributed by atoms with Crippen LogP contribution in [-0.2, 0) is 16.1 Å². The van der Waals surface area contributed by atoms with Crippen molar-refractivity contribution in [1.29, 1.82) is 0 Å². The van der Waals surface area contributed by atoms with E-state index in [2.05, 4.69) is 49.9 Å². The van der Waals surface area contributed by atoms with Gasteiger partial charge in [0.25, 0.3) is 0 Å². The topological polar surface area (TPSA) is 18.5 Å².